The van der Waals surface area contributed by atoms with Gasteiger partial charge in [0.15, 0.2) is 0 Å². The van der Waals surface area contributed by atoms with Gasteiger partial charge in [-0.3, -0.25) is 0 Å². The number of ether oxygens (including phenoxy) is 1. The second-order valence-corrected chi connectivity index (χ2v) is 4.51. The molecule has 0 bridgehead atoms. The first kappa shape index (κ1) is 11.2. The summed E-state index contributed by atoms with van der Waals surface area (Å²) in [5.41, 5.74) is 1.74. The normalized spacial score (nSPS) is 19.4. The van der Waals surface area contributed by atoms with Crippen LogP contribution >= 0.6 is 0 Å². The van der Waals surface area contributed by atoms with E-state index in [4.69, 9.17) is 9.84 Å². The van der Waals surface area contributed by atoms with Crippen molar-refractivity contribution in [2.45, 2.75) is 13.0 Å². The molecule has 0 amide bonds. The van der Waals surface area contributed by atoms with Gasteiger partial charge in [-0.15, -0.1) is 5.10 Å². The Morgan fingerprint density at radius 1 is 1.56 bits per heavy atom. The Morgan fingerprint density at radius 2 is 2.44 bits per heavy atom. The number of hydrogen-bond donors (Lipinski definition) is 1. The summed E-state index contributed by atoms with van der Waals surface area (Å²) in [5, 5.41) is 17.1. The molecule has 1 aromatic heterocycles. The van der Waals surface area contributed by atoms with Crippen LogP contribution in [0.2, 0.25) is 0 Å². The minimum Gasteiger partial charge on any atom is -0.478 e. The van der Waals surface area contributed by atoms with Crippen LogP contribution in [0.4, 0.5) is 0 Å². The highest BCUT2D eigenvalue weighted by Gasteiger charge is 2.18. The number of aromatic nitrogens is 3. The van der Waals surface area contributed by atoms with Crippen molar-refractivity contribution in [3.05, 3.63) is 23.8 Å². The smallest absolute Gasteiger partial charge is 0.335 e. The van der Waals surface area contributed by atoms with Crippen LogP contribution in [-0.2, 0) is 11.3 Å². The molecule has 6 nitrogen and oxygen atoms in total. The van der Waals surface area contributed by atoms with E-state index in [1.54, 1.807) is 22.9 Å². The Labute approximate surface area is 103 Å². The molecule has 94 valence electrons. The van der Waals surface area contributed by atoms with Crippen molar-refractivity contribution >= 4 is 17.0 Å². The van der Waals surface area contributed by atoms with Crippen LogP contribution in [0.1, 0.15) is 16.8 Å². The van der Waals surface area contributed by atoms with Crippen molar-refractivity contribution in [3.8, 4) is 0 Å². The summed E-state index contributed by atoms with van der Waals surface area (Å²) in [5.74, 6) is -0.503. The lowest BCUT2D eigenvalue weighted by atomic mass is 10.1. The van der Waals surface area contributed by atoms with E-state index < -0.39 is 5.97 Å². The summed E-state index contributed by atoms with van der Waals surface area (Å²) in [6.07, 6.45) is 1.01. The van der Waals surface area contributed by atoms with E-state index in [1.807, 2.05) is 0 Å². The summed E-state index contributed by atoms with van der Waals surface area (Å²) >= 11 is 0. The van der Waals surface area contributed by atoms with Crippen LogP contribution in [0.5, 0.6) is 0 Å². The average molecular weight is 247 g/mol. The largest absolute Gasteiger partial charge is 0.478 e. The SMILES string of the molecule is O=C(O)c1ccc2nnn(CC3CCOC3)c2c1. The zero-order valence-electron chi connectivity index (χ0n) is 9.74. The van der Waals surface area contributed by atoms with Crippen LogP contribution in [-0.4, -0.2) is 39.3 Å². The number of rotatable bonds is 3. The maximum absolute atomic E-state index is 11.0. The van der Waals surface area contributed by atoms with Crippen molar-refractivity contribution < 1.29 is 14.6 Å². The zero-order valence-corrected chi connectivity index (χ0v) is 9.74. The number of carbonyl (C=O) groups is 1. The lowest BCUT2D eigenvalue weighted by molar-refractivity contribution is 0.0697. The van der Waals surface area contributed by atoms with E-state index in [1.165, 1.54) is 0 Å². The topological polar surface area (TPSA) is 77.2 Å². The Hall–Kier alpha value is -1.95. The van der Waals surface area contributed by atoms with Crippen molar-refractivity contribution in [2.75, 3.05) is 13.2 Å². The number of nitrogens with zero attached hydrogens (tertiary/aromatic N) is 3. The van der Waals surface area contributed by atoms with Crippen LogP contribution < -0.4 is 0 Å². The van der Waals surface area contributed by atoms with Gasteiger partial charge in [-0.2, -0.15) is 0 Å². The third kappa shape index (κ3) is 1.95. The van der Waals surface area contributed by atoms with E-state index in [-0.39, 0.29) is 5.56 Å². The first-order chi connectivity index (χ1) is 8.74. The third-order valence-corrected chi connectivity index (χ3v) is 3.22. The third-order valence-electron chi connectivity index (χ3n) is 3.22. The lowest BCUT2D eigenvalue weighted by Gasteiger charge is -2.07. The Balaban J connectivity index is 1.95. The van der Waals surface area contributed by atoms with Gasteiger partial charge in [0.25, 0.3) is 0 Å². The van der Waals surface area contributed by atoms with Crippen molar-refractivity contribution in [2.24, 2.45) is 5.92 Å². The molecule has 1 atom stereocenters. The molecule has 2 aromatic rings. The van der Waals surface area contributed by atoms with Gasteiger partial charge in [0.2, 0.25) is 0 Å². The second kappa shape index (κ2) is 4.38. The predicted octanol–water partition coefficient (Wildman–Crippen LogP) is 1.17. The summed E-state index contributed by atoms with van der Waals surface area (Å²) in [7, 11) is 0. The summed E-state index contributed by atoms with van der Waals surface area (Å²) in [4.78, 5) is 11.0. The van der Waals surface area contributed by atoms with Gasteiger partial charge < -0.3 is 9.84 Å². The van der Waals surface area contributed by atoms with E-state index in [9.17, 15) is 4.79 Å². The Morgan fingerprint density at radius 3 is 3.17 bits per heavy atom. The number of fused-ring (bicyclic) bond motifs is 1. The molecule has 6 heteroatoms. The Bertz CT molecular complexity index is 587. The highest BCUT2D eigenvalue weighted by molar-refractivity contribution is 5.92. The monoisotopic (exact) mass is 247 g/mol. The van der Waals surface area contributed by atoms with Gasteiger partial charge in [0.05, 0.1) is 17.7 Å². The quantitative estimate of drug-likeness (QED) is 0.880. The fraction of sp³-hybridized carbons (Fsp3) is 0.417. The fourth-order valence-corrected chi connectivity index (χ4v) is 2.20. The summed E-state index contributed by atoms with van der Waals surface area (Å²) in [6, 6.07) is 4.85. The van der Waals surface area contributed by atoms with Gasteiger partial charge in [0, 0.05) is 19.1 Å². The van der Waals surface area contributed by atoms with E-state index >= 15 is 0 Å². The molecule has 1 N–H and O–H groups in total. The highest BCUT2D eigenvalue weighted by atomic mass is 16.5. The predicted molar refractivity (Wildman–Crippen MR) is 63.4 cm³/mol. The van der Waals surface area contributed by atoms with E-state index in [0.29, 0.717) is 5.92 Å². The second-order valence-electron chi connectivity index (χ2n) is 4.51. The van der Waals surface area contributed by atoms with Gasteiger partial charge in [0.1, 0.15) is 5.52 Å². The standard InChI is InChI=1S/C12H13N3O3/c16-12(17)9-1-2-10-11(5-9)15(14-13-10)6-8-3-4-18-7-8/h1-2,5,8H,3-4,6-7H2,(H,16,17). The lowest BCUT2D eigenvalue weighted by Crippen LogP contribution is -2.12. The first-order valence-corrected chi connectivity index (χ1v) is 5.88. The Kier molecular flexibility index (Phi) is 2.71. The van der Waals surface area contributed by atoms with Gasteiger partial charge in [-0.25, -0.2) is 9.48 Å². The maximum Gasteiger partial charge on any atom is 0.335 e. The summed E-state index contributed by atoms with van der Waals surface area (Å²) in [6.45, 7) is 2.25. The molecule has 3 rings (SSSR count). The average Bonchev–Trinajstić information content (AvgIpc) is 2.99. The molecule has 1 fully saturated rings. The summed E-state index contributed by atoms with van der Waals surface area (Å²) < 4.78 is 7.09. The highest BCUT2D eigenvalue weighted by Crippen LogP contribution is 2.18. The van der Waals surface area contributed by atoms with Crippen LogP contribution in [0.15, 0.2) is 18.2 Å². The molecule has 1 aliphatic heterocycles. The molecule has 1 aliphatic rings. The molecule has 0 radical (unpaired) electrons. The number of aromatic carboxylic acids is 1. The molecular formula is C12H13N3O3. The first-order valence-electron chi connectivity index (χ1n) is 5.88. The minimum atomic E-state index is -0.936. The molecule has 0 aliphatic carbocycles. The molecule has 2 heterocycles. The molecule has 0 spiro atoms. The van der Waals surface area contributed by atoms with E-state index in [0.717, 1.165) is 37.2 Å². The van der Waals surface area contributed by atoms with Crippen molar-refractivity contribution in [1.29, 1.82) is 0 Å². The maximum atomic E-state index is 11.0. The van der Waals surface area contributed by atoms with Gasteiger partial charge in [-0.1, -0.05) is 5.21 Å². The number of benzene rings is 1. The zero-order chi connectivity index (χ0) is 12.5. The molecular weight excluding hydrogens is 234 g/mol. The minimum absolute atomic E-state index is 0.258. The van der Waals surface area contributed by atoms with Crippen molar-refractivity contribution in [3.63, 3.8) is 0 Å². The molecule has 1 aromatic carbocycles. The number of hydrogen-bond acceptors (Lipinski definition) is 4. The van der Waals surface area contributed by atoms with Crippen LogP contribution in [0, 0.1) is 5.92 Å². The van der Waals surface area contributed by atoms with Gasteiger partial charge >= 0.3 is 5.97 Å². The van der Waals surface area contributed by atoms with Crippen molar-refractivity contribution in [1.82, 2.24) is 15.0 Å². The van der Waals surface area contributed by atoms with Gasteiger partial charge in [-0.05, 0) is 24.6 Å². The molecule has 0 saturated carbocycles. The number of carboxylic acids is 1. The van der Waals surface area contributed by atoms with Crippen LogP contribution in [0.25, 0.3) is 11.0 Å². The molecule has 1 unspecified atom stereocenters. The van der Waals surface area contributed by atoms with E-state index in [2.05, 4.69) is 10.3 Å². The molecule has 18 heavy (non-hydrogen) atoms. The molecule has 1 saturated heterocycles. The fourth-order valence-electron chi connectivity index (χ4n) is 2.20. The van der Waals surface area contributed by atoms with Crippen LogP contribution in [0.3, 0.4) is 0 Å². The number of carboxylic acid groups (broad SMARTS) is 1.